The summed E-state index contributed by atoms with van der Waals surface area (Å²) in [4.78, 5) is 4.46. The van der Waals surface area contributed by atoms with Crippen LogP contribution in [-0.2, 0) is 16.0 Å². The minimum atomic E-state index is -2.90. The number of alkyl halides is 2. The maximum absolute atomic E-state index is 12.6. The highest BCUT2D eigenvalue weighted by molar-refractivity contribution is 14.0. The Balaban J connectivity index is 0.00000450. The van der Waals surface area contributed by atoms with Crippen LogP contribution in [0.15, 0.2) is 23.2 Å². The van der Waals surface area contributed by atoms with Crippen molar-refractivity contribution in [3.8, 4) is 11.5 Å². The third-order valence-electron chi connectivity index (χ3n) is 4.37. The Morgan fingerprint density at radius 3 is 2.83 bits per heavy atom. The number of halogens is 3. The van der Waals surface area contributed by atoms with Gasteiger partial charge in [-0.15, -0.1) is 24.0 Å². The van der Waals surface area contributed by atoms with Crippen LogP contribution in [0.4, 0.5) is 8.78 Å². The fraction of sp³-hybridized carbons (Fsp3) is 0.650. The standard InChI is InChI=1S/C20H31F2N3O4.HI/c1-3-23-20(24-8-4-9-27-13-15-7-10-28-14-15)25-12-16-11-17(26-2)5-6-18(16)29-19(21)22;/h5-6,11,15,19H,3-4,7-10,12-14H2,1-2H3,(H2,23,24,25);1H. The molecule has 1 heterocycles. The van der Waals surface area contributed by atoms with Gasteiger partial charge in [-0.05, 0) is 38.0 Å². The van der Waals surface area contributed by atoms with E-state index in [0.717, 1.165) is 32.7 Å². The lowest BCUT2D eigenvalue weighted by Gasteiger charge is -2.14. The van der Waals surface area contributed by atoms with Gasteiger partial charge in [-0.1, -0.05) is 0 Å². The molecule has 1 saturated heterocycles. The Morgan fingerprint density at radius 2 is 2.17 bits per heavy atom. The molecule has 1 aromatic rings. The van der Waals surface area contributed by atoms with E-state index in [2.05, 4.69) is 20.4 Å². The summed E-state index contributed by atoms with van der Waals surface area (Å²) in [5.41, 5.74) is 0.518. The molecule has 1 aliphatic rings. The lowest BCUT2D eigenvalue weighted by atomic mass is 10.1. The van der Waals surface area contributed by atoms with Gasteiger partial charge in [0.05, 0.1) is 26.9 Å². The zero-order valence-electron chi connectivity index (χ0n) is 17.5. The molecule has 0 amide bonds. The van der Waals surface area contributed by atoms with Crippen LogP contribution in [-0.4, -0.2) is 59.2 Å². The van der Waals surface area contributed by atoms with Crippen molar-refractivity contribution >= 4 is 29.9 Å². The molecule has 30 heavy (non-hydrogen) atoms. The molecule has 0 aliphatic carbocycles. The highest BCUT2D eigenvalue weighted by atomic mass is 127. The van der Waals surface area contributed by atoms with Gasteiger partial charge in [0.2, 0.25) is 0 Å². The lowest BCUT2D eigenvalue weighted by molar-refractivity contribution is -0.0504. The molecule has 1 atom stereocenters. The third kappa shape index (κ3) is 10.1. The van der Waals surface area contributed by atoms with Crippen molar-refractivity contribution in [2.45, 2.75) is 32.9 Å². The Labute approximate surface area is 193 Å². The quantitative estimate of drug-likeness (QED) is 0.182. The molecule has 0 spiro atoms. The first-order valence-corrected chi connectivity index (χ1v) is 9.91. The Hall–Kier alpha value is -1.40. The van der Waals surface area contributed by atoms with Crippen LogP contribution >= 0.6 is 24.0 Å². The summed E-state index contributed by atoms with van der Waals surface area (Å²) < 4.78 is 46.0. The second-order valence-electron chi connectivity index (χ2n) is 6.63. The molecule has 7 nitrogen and oxygen atoms in total. The topological polar surface area (TPSA) is 73.3 Å². The number of nitrogens with one attached hydrogen (secondary N) is 2. The Bertz CT molecular complexity index is 632. The van der Waals surface area contributed by atoms with Crippen molar-refractivity contribution < 1.29 is 27.7 Å². The molecular formula is C20H32F2IN3O4. The van der Waals surface area contributed by atoms with Crippen molar-refractivity contribution in [1.82, 2.24) is 10.6 Å². The number of hydrogen-bond acceptors (Lipinski definition) is 5. The maximum atomic E-state index is 12.6. The van der Waals surface area contributed by atoms with Gasteiger partial charge in [0.25, 0.3) is 0 Å². The number of guanidine groups is 1. The van der Waals surface area contributed by atoms with E-state index < -0.39 is 6.61 Å². The monoisotopic (exact) mass is 543 g/mol. The van der Waals surface area contributed by atoms with Crippen LogP contribution in [0.5, 0.6) is 11.5 Å². The summed E-state index contributed by atoms with van der Waals surface area (Å²) >= 11 is 0. The van der Waals surface area contributed by atoms with Gasteiger partial charge in [0.15, 0.2) is 5.96 Å². The van der Waals surface area contributed by atoms with Crippen LogP contribution in [0.3, 0.4) is 0 Å². The molecule has 172 valence electrons. The molecule has 0 saturated carbocycles. The van der Waals surface area contributed by atoms with Crippen molar-refractivity contribution in [2.24, 2.45) is 10.9 Å². The van der Waals surface area contributed by atoms with E-state index in [9.17, 15) is 8.78 Å². The first-order valence-electron chi connectivity index (χ1n) is 9.91. The van der Waals surface area contributed by atoms with Gasteiger partial charge in [-0.2, -0.15) is 8.78 Å². The number of methoxy groups -OCH3 is 1. The van der Waals surface area contributed by atoms with E-state index in [-0.39, 0.29) is 36.3 Å². The summed E-state index contributed by atoms with van der Waals surface area (Å²) in [6.07, 6.45) is 1.90. The summed E-state index contributed by atoms with van der Waals surface area (Å²) in [6.45, 7) is 3.61. The predicted octanol–water partition coefficient (Wildman–Crippen LogP) is 3.41. The van der Waals surface area contributed by atoms with Gasteiger partial charge in [-0.3, -0.25) is 0 Å². The zero-order chi connectivity index (χ0) is 20.9. The average molecular weight is 543 g/mol. The molecule has 0 aromatic heterocycles. The van der Waals surface area contributed by atoms with Gasteiger partial charge < -0.3 is 29.6 Å². The first kappa shape index (κ1) is 26.6. The third-order valence-corrected chi connectivity index (χ3v) is 4.37. The molecule has 1 aromatic carbocycles. The minimum absolute atomic E-state index is 0. The molecule has 0 radical (unpaired) electrons. The van der Waals surface area contributed by atoms with Crippen molar-refractivity contribution in [3.05, 3.63) is 23.8 Å². The largest absolute Gasteiger partial charge is 0.497 e. The molecule has 10 heteroatoms. The minimum Gasteiger partial charge on any atom is -0.497 e. The number of rotatable bonds is 12. The summed E-state index contributed by atoms with van der Waals surface area (Å²) in [7, 11) is 1.52. The smallest absolute Gasteiger partial charge is 0.387 e. The van der Waals surface area contributed by atoms with E-state index in [0.29, 0.717) is 42.9 Å². The number of hydrogen-bond donors (Lipinski definition) is 2. The van der Waals surface area contributed by atoms with Gasteiger partial charge in [0.1, 0.15) is 11.5 Å². The summed E-state index contributed by atoms with van der Waals surface area (Å²) in [6, 6.07) is 4.68. The molecule has 0 bridgehead atoms. The Morgan fingerprint density at radius 1 is 1.33 bits per heavy atom. The van der Waals surface area contributed by atoms with Crippen LogP contribution in [0.25, 0.3) is 0 Å². The Kier molecular flexibility index (Phi) is 13.7. The maximum Gasteiger partial charge on any atom is 0.387 e. The van der Waals surface area contributed by atoms with E-state index in [1.54, 1.807) is 12.1 Å². The van der Waals surface area contributed by atoms with E-state index >= 15 is 0 Å². The number of ether oxygens (including phenoxy) is 4. The summed E-state index contributed by atoms with van der Waals surface area (Å²) in [5, 5.41) is 6.36. The van der Waals surface area contributed by atoms with Crippen molar-refractivity contribution in [2.75, 3.05) is 46.6 Å². The fourth-order valence-electron chi connectivity index (χ4n) is 2.87. The molecule has 1 fully saturated rings. The second-order valence-corrected chi connectivity index (χ2v) is 6.63. The van der Waals surface area contributed by atoms with Crippen LogP contribution in [0, 0.1) is 5.92 Å². The van der Waals surface area contributed by atoms with Crippen LogP contribution in [0.2, 0.25) is 0 Å². The molecular weight excluding hydrogens is 511 g/mol. The lowest BCUT2D eigenvalue weighted by Crippen LogP contribution is -2.38. The van der Waals surface area contributed by atoms with Crippen molar-refractivity contribution in [1.29, 1.82) is 0 Å². The molecule has 2 N–H and O–H groups in total. The molecule has 1 aliphatic heterocycles. The number of aliphatic imine (C=N–C) groups is 1. The number of benzene rings is 1. The highest BCUT2D eigenvalue weighted by Crippen LogP contribution is 2.26. The first-order chi connectivity index (χ1) is 14.1. The van der Waals surface area contributed by atoms with Crippen LogP contribution < -0.4 is 20.1 Å². The second kappa shape index (κ2) is 15.4. The number of nitrogens with zero attached hydrogens (tertiary/aromatic N) is 1. The van der Waals surface area contributed by atoms with E-state index in [4.69, 9.17) is 14.2 Å². The van der Waals surface area contributed by atoms with Gasteiger partial charge in [-0.25, -0.2) is 4.99 Å². The van der Waals surface area contributed by atoms with Crippen molar-refractivity contribution in [3.63, 3.8) is 0 Å². The summed E-state index contributed by atoms with van der Waals surface area (Å²) in [5.74, 6) is 1.75. The highest BCUT2D eigenvalue weighted by Gasteiger charge is 2.15. The van der Waals surface area contributed by atoms with E-state index in [1.807, 2.05) is 6.92 Å². The SMILES string of the molecule is CCNC(=NCc1cc(OC)ccc1OC(F)F)NCCCOCC1CCOC1.I. The van der Waals surface area contributed by atoms with Gasteiger partial charge >= 0.3 is 6.61 Å². The van der Waals surface area contributed by atoms with Gasteiger partial charge in [0, 0.05) is 37.8 Å². The average Bonchev–Trinajstić information content (AvgIpc) is 3.22. The predicted molar refractivity (Wildman–Crippen MR) is 122 cm³/mol. The normalized spacial score (nSPS) is 16.3. The fourth-order valence-corrected chi connectivity index (χ4v) is 2.87. The molecule has 2 rings (SSSR count). The molecule has 1 unspecified atom stereocenters. The van der Waals surface area contributed by atoms with E-state index in [1.165, 1.54) is 13.2 Å². The van der Waals surface area contributed by atoms with Crippen LogP contribution in [0.1, 0.15) is 25.3 Å². The zero-order valence-corrected chi connectivity index (χ0v) is 19.8.